The fourth-order valence-electron chi connectivity index (χ4n) is 3.88. The average Bonchev–Trinajstić information content (AvgIpc) is 3.08. The first-order valence-electron chi connectivity index (χ1n) is 11.1. The van der Waals surface area contributed by atoms with Crippen molar-refractivity contribution in [3.8, 4) is 11.8 Å². The van der Waals surface area contributed by atoms with Crippen molar-refractivity contribution in [1.82, 2.24) is 14.5 Å². The molecule has 4 rings (SSSR count). The monoisotopic (exact) mass is 491 g/mol. The van der Waals surface area contributed by atoms with Crippen LogP contribution < -0.4 is 4.74 Å². The van der Waals surface area contributed by atoms with E-state index in [1.54, 1.807) is 25.3 Å². The lowest BCUT2D eigenvalue weighted by atomic mass is 10.1. The minimum Gasteiger partial charge on any atom is -0.444 e. The standard InChI is InChI=1S/C25H25F4N3O3/c1-24(2,3)35-23(33)31-12-11-21-20(15-31)30-22(34-18-9-6-8-17(26)13-18)32(21)14-16-7-4-5-10-19(16)25(27,28)29/h4-10,13H,11-12,14-15H2,1-3H3. The second kappa shape index (κ2) is 9.24. The molecule has 6 nitrogen and oxygen atoms in total. The molecule has 2 heterocycles. The van der Waals surface area contributed by atoms with E-state index >= 15 is 0 Å². The van der Waals surface area contributed by atoms with Gasteiger partial charge in [0, 0.05) is 24.7 Å². The van der Waals surface area contributed by atoms with Crippen molar-refractivity contribution in [3.05, 3.63) is 76.9 Å². The van der Waals surface area contributed by atoms with Crippen molar-refractivity contribution in [2.24, 2.45) is 0 Å². The van der Waals surface area contributed by atoms with Crippen molar-refractivity contribution >= 4 is 6.09 Å². The number of benzene rings is 2. The van der Waals surface area contributed by atoms with E-state index in [-0.39, 0.29) is 30.4 Å². The zero-order valence-corrected chi connectivity index (χ0v) is 19.5. The van der Waals surface area contributed by atoms with Crippen molar-refractivity contribution in [3.63, 3.8) is 0 Å². The van der Waals surface area contributed by atoms with Gasteiger partial charge in [-0.2, -0.15) is 18.2 Å². The number of aromatic nitrogens is 2. The van der Waals surface area contributed by atoms with Gasteiger partial charge in [0.15, 0.2) is 0 Å². The lowest BCUT2D eigenvalue weighted by Crippen LogP contribution is -2.40. The molecular formula is C25H25F4N3O3. The molecule has 2 aromatic carbocycles. The summed E-state index contributed by atoms with van der Waals surface area (Å²) in [6, 6.07) is 10.7. The average molecular weight is 491 g/mol. The summed E-state index contributed by atoms with van der Waals surface area (Å²) in [5.74, 6) is -0.370. The number of nitrogens with zero attached hydrogens (tertiary/aromatic N) is 3. The van der Waals surface area contributed by atoms with Crippen molar-refractivity contribution in [2.75, 3.05) is 6.54 Å². The van der Waals surface area contributed by atoms with E-state index in [2.05, 4.69) is 4.98 Å². The maximum Gasteiger partial charge on any atom is 0.416 e. The molecule has 0 atom stereocenters. The van der Waals surface area contributed by atoms with Gasteiger partial charge >= 0.3 is 18.3 Å². The van der Waals surface area contributed by atoms with Crippen LogP contribution in [-0.4, -0.2) is 32.7 Å². The topological polar surface area (TPSA) is 56.6 Å². The predicted molar refractivity (Wildman–Crippen MR) is 120 cm³/mol. The van der Waals surface area contributed by atoms with Crippen LogP contribution in [0.25, 0.3) is 0 Å². The van der Waals surface area contributed by atoms with Gasteiger partial charge in [-0.3, -0.25) is 4.57 Å². The molecule has 0 aliphatic carbocycles. The first kappa shape index (κ1) is 24.6. The first-order chi connectivity index (χ1) is 16.4. The predicted octanol–water partition coefficient (Wildman–Crippen LogP) is 6.17. The van der Waals surface area contributed by atoms with Crippen LogP contribution in [0.5, 0.6) is 11.8 Å². The Balaban J connectivity index is 1.71. The molecule has 35 heavy (non-hydrogen) atoms. The lowest BCUT2D eigenvalue weighted by Gasteiger charge is -2.30. The Labute approximate surface area is 200 Å². The summed E-state index contributed by atoms with van der Waals surface area (Å²) < 4.78 is 67.4. The third-order valence-corrected chi connectivity index (χ3v) is 5.39. The van der Waals surface area contributed by atoms with Gasteiger partial charge in [-0.25, -0.2) is 9.18 Å². The molecule has 1 amide bonds. The molecule has 0 saturated carbocycles. The number of alkyl halides is 3. The minimum atomic E-state index is -4.53. The number of fused-ring (bicyclic) bond motifs is 1. The van der Waals surface area contributed by atoms with Gasteiger partial charge in [0.05, 0.1) is 24.3 Å². The number of hydrogen-bond donors (Lipinski definition) is 0. The van der Waals surface area contributed by atoms with Gasteiger partial charge in [-0.05, 0) is 44.5 Å². The molecule has 0 radical (unpaired) electrons. The number of ether oxygens (including phenoxy) is 2. The van der Waals surface area contributed by atoms with E-state index in [1.807, 2.05) is 0 Å². The van der Waals surface area contributed by atoms with Crippen LogP contribution in [0.2, 0.25) is 0 Å². The van der Waals surface area contributed by atoms with Gasteiger partial charge in [0.25, 0.3) is 0 Å². The van der Waals surface area contributed by atoms with Crippen LogP contribution in [0.4, 0.5) is 22.4 Å². The highest BCUT2D eigenvalue weighted by Gasteiger charge is 2.35. The fourth-order valence-corrected chi connectivity index (χ4v) is 3.88. The van der Waals surface area contributed by atoms with Crippen molar-refractivity contribution < 1.29 is 31.8 Å². The Morgan fingerprint density at radius 1 is 1.09 bits per heavy atom. The maximum absolute atomic E-state index is 13.7. The highest BCUT2D eigenvalue weighted by Crippen LogP contribution is 2.35. The number of halogens is 4. The molecular weight excluding hydrogens is 466 g/mol. The number of imidazole rings is 1. The second-order valence-corrected chi connectivity index (χ2v) is 9.24. The Bertz CT molecular complexity index is 1230. The van der Waals surface area contributed by atoms with Crippen LogP contribution in [0.15, 0.2) is 48.5 Å². The molecule has 1 aliphatic rings. The van der Waals surface area contributed by atoms with E-state index in [4.69, 9.17) is 9.47 Å². The van der Waals surface area contributed by atoms with E-state index < -0.39 is 29.3 Å². The number of carbonyl (C=O) groups is 1. The summed E-state index contributed by atoms with van der Waals surface area (Å²) in [4.78, 5) is 18.5. The fraction of sp³-hybridized carbons (Fsp3) is 0.360. The number of rotatable bonds is 4. The van der Waals surface area contributed by atoms with E-state index in [1.165, 1.54) is 41.3 Å². The third-order valence-electron chi connectivity index (χ3n) is 5.39. The highest BCUT2D eigenvalue weighted by molar-refractivity contribution is 5.68. The van der Waals surface area contributed by atoms with Gasteiger partial charge < -0.3 is 14.4 Å². The minimum absolute atomic E-state index is 0.0172. The van der Waals surface area contributed by atoms with Crippen LogP contribution >= 0.6 is 0 Å². The van der Waals surface area contributed by atoms with Crippen molar-refractivity contribution in [1.29, 1.82) is 0 Å². The van der Waals surface area contributed by atoms with Gasteiger partial charge in [-0.1, -0.05) is 24.3 Å². The lowest BCUT2D eigenvalue weighted by molar-refractivity contribution is -0.138. The zero-order valence-electron chi connectivity index (χ0n) is 19.5. The summed E-state index contributed by atoms with van der Waals surface area (Å²) in [6.45, 7) is 5.54. The Hall–Kier alpha value is -3.56. The summed E-state index contributed by atoms with van der Waals surface area (Å²) in [5.41, 5.74) is -0.264. The Morgan fingerprint density at radius 3 is 2.51 bits per heavy atom. The van der Waals surface area contributed by atoms with Crippen LogP contribution in [0.1, 0.15) is 43.3 Å². The quantitative estimate of drug-likeness (QED) is 0.410. The molecule has 0 bridgehead atoms. The molecule has 1 aromatic heterocycles. The Kier molecular flexibility index (Phi) is 6.48. The largest absolute Gasteiger partial charge is 0.444 e. The third kappa shape index (κ3) is 5.75. The van der Waals surface area contributed by atoms with Gasteiger partial charge in [-0.15, -0.1) is 0 Å². The first-order valence-corrected chi connectivity index (χ1v) is 11.1. The number of carbonyl (C=O) groups excluding carboxylic acids is 1. The number of amides is 1. The van der Waals surface area contributed by atoms with Gasteiger partial charge in [0.1, 0.15) is 17.2 Å². The SMILES string of the molecule is CC(C)(C)OC(=O)N1CCc2c(nc(Oc3cccc(F)c3)n2Cc2ccccc2C(F)(F)F)C1. The maximum atomic E-state index is 13.7. The summed E-state index contributed by atoms with van der Waals surface area (Å²) in [5, 5.41) is 0. The molecule has 0 fully saturated rings. The van der Waals surface area contributed by atoms with E-state index in [0.29, 0.717) is 24.4 Å². The summed E-state index contributed by atoms with van der Waals surface area (Å²) >= 11 is 0. The molecule has 0 unspecified atom stereocenters. The van der Waals surface area contributed by atoms with Crippen molar-refractivity contribution in [2.45, 2.75) is 52.1 Å². The zero-order chi connectivity index (χ0) is 25.4. The summed E-state index contributed by atoms with van der Waals surface area (Å²) in [7, 11) is 0. The van der Waals surface area contributed by atoms with Gasteiger partial charge in [0.2, 0.25) is 0 Å². The van der Waals surface area contributed by atoms with Crippen LogP contribution in [0, 0.1) is 5.82 Å². The molecule has 3 aromatic rings. The van der Waals surface area contributed by atoms with Crippen LogP contribution in [0.3, 0.4) is 0 Å². The molecule has 0 saturated heterocycles. The molecule has 10 heteroatoms. The van der Waals surface area contributed by atoms with E-state index in [9.17, 15) is 22.4 Å². The van der Waals surface area contributed by atoms with E-state index in [0.717, 1.165) is 12.1 Å². The molecule has 186 valence electrons. The molecule has 0 spiro atoms. The number of hydrogen-bond acceptors (Lipinski definition) is 4. The molecule has 1 aliphatic heterocycles. The second-order valence-electron chi connectivity index (χ2n) is 9.24. The summed E-state index contributed by atoms with van der Waals surface area (Å²) in [6.07, 6.45) is -4.70. The molecule has 0 N–H and O–H groups in total. The Morgan fingerprint density at radius 2 is 1.83 bits per heavy atom. The smallest absolute Gasteiger partial charge is 0.416 e. The normalized spacial score (nSPS) is 14.0. The van der Waals surface area contributed by atoms with Crippen LogP contribution in [-0.2, 0) is 30.4 Å². The highest BCUT2D eigenvalue weighted by atomic mass is 19.4.